The maximum atomic E-state index is 13.3. The third-order valence-electron chi connectivity index (χ3n) is 7.39. The highest BCUT2D eigenvalue weighted by Crippen LogP contribution is 2.42. The van der Waals surface area contributed by atoms with Crippen LogP contribution in [-0.4, -0.2) is 46.9 Å². The lowest BCUT2D eigenvalue weighted by atomic mass is 9.86. The Kier molecular flexibility index (Phi) is 6.93. The molecule has 5 rings (SSSR count). The molecular formula is C32H36N2O3. The van der Waals surface area contributed by atoms with Gasteiger partial charge in [0.15, 0.2) is 5.76 Å². The quantitative estimate of drug-likeness (QED) is 0.444. The minimum atomic E-state index is -0.124. The molecule has 0 spiro atoms. The molecular weight excluding hydrogens is 460 g/mol. The van der Waals surface area contributed by atoms with Gasteiger partial charge in [-0.25, -0.2) is 0 Å². The smallest absolute Gasteiger partial charge is 0.232 e. The van der Waals surface area contributed by atoms with Gasteiger partial charge in [-0.15, -0.1) is 0 Å². The summed E-state index contributed by atoms with van der Waals surface area (Å²) in [4.78, 5) is 18.1. The van der Waals surface area contributed by atoms with E-state index in [9.17, 15) is 9.90 Å². The molecule has 2 aliphatic rings. The van der Waals surface area contributed by atoms with Crippen molar-refractivity contribution in [2.24, 2.45) is 0 Å². The van der Waals surface area contributed by atoms with Crippen LogP contribution in [0.4, 0.5) is 0 Å². The molecule has 1 N–H and O–H groups in total. The number of carbonyl (C=O) groups excluding carboxylic acids is 1. The van der Waals surface area contributed by atoms with Gasteiger partial charge in [0.1, 0.15) is 11.5 Å². The third-order valence-corrected chi connectivity index (χ3v) is 7.39. The Bertz CT molecular complexity index is 1310. The first-order chi connectivity index (χ1) is 17.7. The largest absolute Gasteiger partial charge is 0.507 e. The molecule has 0 radical (unpaired) electrons. The monoisotopic (exact) mass is 496 g/mol. The summed E-state index contributed by atoms with van der Waals surface area (Å²) < 4.78 is 6.17. The summed E-state index contributed by atoms with van der Waals surface area (Å²) in [5.74, 6) is 0.876. The molecule has 2 aliphatic heterocycles. The van der Waals surface area contributed by atoms with Crippen molar-refractivity contribution in [3.8, 4) is 11.5 Å². The number of piperazine rings is 1. The molecule has 0 aliphatic carbocycles. The number of aromatic hydroxyl groups is 1. The van der Waals surface area contributed by atoms with E-state index < -0.39 is 0 Å². The third kappa shape index (κ3) is 5.48. The van der Waals surface area contributed by atoms with E-state index >= 15 is 0 Å². The predicted molar refractivity (Wildman–Crippen MR) is 148 cm³/mol. The van der Waals surface area contributed by atoms with Gasteiger partial charge < -0.3 is 9.84 Å². The highest BCUT2D eigenvalue weighted by Gasteiger charge is 2.34. The van der Waals surface area contributed by atoms with Crippen molar-refractivity contribution < 1.29 is 14.6 Å². The van der Waals surface area contributed by atoms with E-state index in [4.69, 9.17) is 4.74 Å². The summed E-state index contributed by atoms with van der Waals surface area (Å²) in [5, 5.41) is 10.9. The fourth-order valence-corrected chi connectivity index (χ4v) is 5.13. The van der Waals surface area contributed by atoms with Gasteiger partial charge in [0.05, 0.1) is 11.1 Å². The lowest BCUT2D eigenvalue weighted by Crippen LogP contribution is -2.45. The molecule has 0 saturated carbocycles. The van der Waals surface area contributed by atoms with Gasteiger partial charge in [-0.3, -0.25) is 14.6 Å². The summed E-state index contributed by atoms with van der Waals surface area (Å²) in [5.41, 5.74) is 5.54. The average molecular weight is 497 g/mol. The van der Waals surface area contributed by atoms with E-state index in [2.05, 4.69) is 67.0 Å². The SMILES string of the molecule is Cc1cc(O)c(CN2CCN(Cc3ccccc3)CC2)c2c1C(=O)/C(=C/c1ccc(C(C)(C)C)cc1)O2. The number of aryl methyl sites for hydroxylation is 1. The van der Waals surface area contributed by atoms with Crippen LogP contribution in [0.15, 0.2) is 66.4 Å². The number of Topliss-reactive ketones (excluding diaryl/α,β-unsaturated/α-hetero) is 1. The van der Waals surface area contributed by atoms with Crippen LogP contribution in [0.25, 0.3) is 6.08 Å². The standard InChI is InChI=1S/C32H36N2O3/c1-22-18-27(35)26(21-34-16-14-33(15-17-34)20-24-8-6-5-7-9-24)31-29(22)30(36)28(37-31)19-23-10-12-25(13-11-23)32(2,3)4/h5-13,18-19,35H,14-17,20-21H2,1-4H3/b28-19-. The maximum absolute atomic E-state index is 13.3. The van der Waals surface area contributed by atoms with Crippen molar-refractivity contribution in [2.45, 2.75) is 46.2 Å². The van der Waals surface area contributed by atoms with E-state index in [-0.39, 0.29) is 16.9 Å². The second-order valence-corrected chi connectivity index (χ2v) is 11.2. The Morgan fingerprint density at radius 2 is 1.54 bits per heavy atom. The number of hydrogen-bond donors (Lipinski definition) is 1. The van der Waals surface area contributed by atoms with Gasteiger partial charge in [-0.2, -0.15) is 0 Å². The van der Waals surface area contributed by atoms with Crippen molar-refractivity contribution in [2.75, 3.05) is 26.2 Å². The molecule has 1 saturated heterocycles. The lowest BCUT2D eigenvalue weighted by Gasteiger charge is -2.35. The number of allylic oxidation sites excluding steroid dienone is 1. The lowest BCUT2D eigenvalue weighted by molar-refractivity contribution is 0.101. The van der Waals surface area contributed by atoms with Crippen molar-refractivity contribution >= 4 is 11.9 Å². The van der Waals surface area contributed by atoms with Crippen LogP contribution in [0, 0.1) is 6.92 Å². The number of hydrogen-bond acceptors (Lipinski definition) is 5. The molecule has 3 aromatic carbocycles. The summed E-state index contributed by atoms with van der Waals surface area (Å²) in [7, 11) is 0. The molecule has 0 aromatic heterocycles. The van der Waals surface area contributed by atoms with Crippen molar-refractivity contribution in [1.29, 1.82) is 0 Å². The van der Waals surface area contributed by atoms with E-state index in [0.717, 1.165) is 43.9 Å². The van der Waals surface area contributed by atoms with Crippen LogP contribution in [-0.2, 0) is 18.5 Å². The molecule has 37 heavy (non-hydrogen) atoms. The van der Waals surface area contributed by atoms with Crippen LogP contribution in [0.3, 0.4) is 0 Å². The summed E-state index contributed by atoms with van der Waals surface area (Å²) in [6.45, 7) is 13.6. The van der Waals surface area contributed by atoms with Crippen LogP contribution in [0.1, 0.15) is 58.9 Å². The number of carbonyl (C=O) groups is 1. The zero-order valence-electron chi connectivity index (χ0n) is 22.3. The van der Waals surface area contributed by atoms with Gasteiger partial charge in [0.25, 0.3) is 0 Å². The summed E-state index contributed by atoms with van der Waals surface area (Å²) in [6, 6.07) is 20.5. The number of ketones is 1. The van der Waals surface area contributed by atoms with E-state index in [1.165, 1.54) is 11.1 Å². The van der Waals surface area contributed by atoms with Gasteiger partial charge in [0, 0.05) is 39.3 Å². The molecule has 0 amide bonds. The zero-order chi connectivity index (χ0) is 26.2. The first kappa shape index (κ1) is 25.2. The molecule has 1 fully saturated rings. The van der Waals surface area contributed by atoms with Gasteiger partial charge in [-0.1, -0.05) is 75.4 Å². The normalized spacial score (nSPS) is 17.7. The fourth-order valence-electron chi connectivity index (χ4n) is 5.13. The van der Waals surface area contributed by atoms with Gasteiger partial charge in [-0.05, 0) is 46.7 Å². The molecule has 0 unspecified atom stereocenters. The Balaban J connectivity index is 1.31. The zero-order valence-corrected chi connectivity index (χ0v) is 22.3. The Labute approximate surface area is 220 Å². The highest BCUT2D eigenvalue weighted by molar-refractivity contribution is 6.15. The summed E-state index contributed by atoms with van der Waals surface area (Å²) >= 11 is 0. The first-order valence-electron chi connectivity index (χ1n) is 13.1. The number of nitrogens with zero attached hydrogens (tertiary/aromatic N) is 2. The van der Waals surface area contributed by atoms with Crippen molar-refractivity contribution in [3.63, 3.8) is 0 Å². The molecule has 0 atom stereocenters. The van der Waals surface area contributed by atoms with Crippen molar-refractivity contribution in [3.05, 3.63) is 99.8 Å². The molecule has 5 heteroatoms. The molecule has 0 bridgehead atoms. The molecule has 2 heterocycles. The average Bonchev–Trinajstić information content (AvgIpc) is 3.19. The number of phenolic OH excluding ortho intramolecular Hbond substituents is 1. The molecule has 3 aromatic rings. The van der Waals surface area contributed by atoms with Gasteiger partial charge >= 0.3 is 0 Å². The van der Waals surface area contributed by atoms with Gasteiger partial charge in [0.2, 0.25) is 5.78 Å². The number of benzene rings is 3. The van der Waals surface area contributed by atoms with E-state index in [0.29, 0.717) is 29.2 Å². The summed E-state index contributed by atoms with van der Waals surface area (Å²) in [6.07, 6.45) is 1.80. The topological polar surface area (TPSA) is 53.0 Å². The number of fused-ring (bicyclic) bond motifs is 1. The minimum absolute atomic E-state index is 0.0676. The van der Waals surface area contributed by atoms with Crippen LogP contribution in [0.5, 0.6) is 11.5 Å². The minimum Gasteiger partial charge on any atom is -0.507 e. The molecule has 192 valence electrons. The van der Waals surface area contributed by atoms with E-state index in [1.54, 1.807) is 12.1 Å². The fraction of sp³-hybridized carbons (Fsp3) is 0.344. The maximum Gasteiger partial charge on any atom is 0.232 e. The Hall–Kier alpha value is -3.41. The molecule has 5 nitrogen and oxygen atoms in total. The predicted octanol–water partition coefficient (Wildman–Crippen LogP) is 5.93. The van der Waals surface area contributed by atoms with E-state index in [1.807, 2.05) is 25.1 Å². The second-order valence-electron chi connectivity index (χ2n) is 11.2. The van der Waals surface area contributed by atoms with Crippen LogP contribution in [0.2, 0.25) is 0 Å². The number of rotatable bonds is 5. The first-order valence-corrected chi connectivity index (χ1v) is 13.1. The number of ether oxygens (including phenoxy) is 1. The van der Waals surface area contributed by atoms with Crippen LogP contribution >= 0.6 is 0 Å². The van der Waals surface area contributed by atoms with Crippen LogP contribution < -0.4 is 4.74 Å². The highest BCUT2D eigenvalue weighted by atomic mass is 16.5. The number of phenols is 1. The second kappa shape index (κ2) is 10.2. The Morgan fingerprint density at radius 3 is 2.16 bits per heavy atom. The Morgan fingerprint density at radius 1 is 0.919 bits per heavy atom. The van der Waals surface area contributed by atoms with Crippen molar-refractivity contribution in [1.82, 2.24) is 9.80 Å².